The Bertz CT molecular complexity index is 505. The fourth-order valence-corrected chi connectivity index (χ4v) is 2.33. The van der Waals surface area contributed by atoms with Gasteiger partial charge < -0.3 is 10.6 Å². The third-order valence-electron chi connectivity index (χ3n) is 3.04. The molecule has 0 radical (unpaired) electrons. The summed E-state index contributed by atoms with van der Waals surface area (Å²) in [5.74, 6) is 0. The van der Waals surface area contributed by atoms with Crippen molar-refractivity contribution in [2.24, 2.45) is 0 Å². The molecular weight excluding hydrogens is 300 g/mol. The van der Waals surface area contributed by atoms with Gasteiger partial charge in [0.2, 0.25) is 0 Å². The molecule has 0 amide bonds. The molecule has 100 valence electrons. The van der Waals surface area contributed by atoms with Crippen LogP contribution >= 0.6 is 15.9 Å². The van der Waals surface area contributed by atoms with Crippen molar-refractivity contribution in [3.63, 3.8) is 0 Å². The van der Waals surface area contributed by atoms with E-state index in [4.69, 9.17) is 5.73 Å². The number of rotatable bonds is 5. The Labute approximate surface area is 123 Å². The number of halogens is 1. The molecule has 0 unspecified atom stereocenters. The average molecular weight is 319 g/mol. The Morgan fingerprint density at radius 3 is 2.21 bits per heavy atom. The molecule has 2 rings (SSSR count). The highest BCUT2D eigenvalue weighted by Gasteiger charge is 2.06. The molecule has 2 aromatic carbocycles. The van der Waals surface area contributed by atoms with Gasteiger partial charge in [-0.3, -0.25) is 0 Å². The van der Waals surface area contributed by atoms with E-state index in [0.29, 0.717) is 0 Å². The number of nitrogens with zero attached hydrogens (tertiary/aromatic N) is 1. The van der Waals surface area contributed by atoms with Crippen molar-refractivity contribution in [1.82, 2.24) is 0 Å². The molecule has 3 heteroatoms. The molecule has 0 fully saturated rings. The summed E-state index contributed by atoms with van der Waals surface area (Å²) < 4.78 is 1.12. The van der Waals surface area contributed by atoms with E-state index in [2.05, 4.69) is 64.2 Å². The van der Waals surface area contributed by atoms with Crippen LogP contribution in [0.2, 0.25) is 0 Å². The molecule has 19 heavy (non-hydrogen) atoms. The van der Waals surface area contributed by atoms with Gasteiger partial charge in [-0.15, -0.1) is 0 Å². The summed E-state index contributed by atoms with van der Waals surface area (Å²) in [5.41, 5.74) is 9.09. The van der Waals surface area contributed by atoms with Gasteiger partial charge in [-0.1, -0.05) is 35.0 Å². The molecule has 0 bridgehead atoms. The average Bonchev–Trinajstić information content (AvgIpc) is 2.42. The predicted octanol–water partition coefficient (Wildman–Crippen LogP) is 4.45. The van der Waals surface area contributed by atoms with Crippen LogP contribution in [-0.2, 0) is 6.54 Å². The number of hydrogen-bond acceptors (Lipinski definition) is 2. The lowest BCUT2D eigenvalue weighted by molar-refractivity contribution is 0.767. The largest absolute Gasteiger partial charge is 0.399 e. The van der Waals surface area contributed by atoms with Gasteiger partial charge in [-0.05, 0) is 48.4 Å². The van der Waals surface area contributed by atoms with Gasteiger partial charge in [-0.25, -0.2) is 0 Å². The summed E-state index contributed by atoms with van der Waals surface area (Å²) in [6, 6.07) is 16.6. The lowest BCUT2D eigenvalue weighted by atomic mass is 10.2. The Morgan fingerprint density at radius 2 is 1.63 bits per heavy atom. The minimum absolute atomic E-state index is 0.809. The number of nitrogen functional groups attached to an aromatic ring is 1. The van der Waals surface area contributed by atoms with E-state index in [1.165, 1.54) is 11.3 Å². The zero-order chi connectivity index (χ0) is 13.7. The molecule has 2 nitrogen and oxygen atoms in total. The Morgan fingerprint density at radius 1 is 1.00 bits per heavy atom. The van der Waals surface area contributed by atoms with Crippen LogP contribution in [0.15, 0.2) is 53.0 Å². The van der Waals surface area contributed by atoms with Gasteiger partial charge in [0, 0.05) is 28.9 Å². The first-order valence-corrected chi connectivity index (χ1v) is 7.33. The molecule has 0 saturated carbocycles. The van der Waals surface area contributed by atoms with Crippen molar-refractivity contribution in [3.05, 3.63) is 58.6 Å². The summed E-state index contributed by atoms with van der Waals surface area (Å²) in [5, 5.41) is 0. The topological polar surface area (TPSA) is 29.3 Å². The highest BCUT2D eigenvalue weighted by atomic mass is 79.9. The maximum atomic E-state index is 5.75. The molecule has 0 saturated heterocycles. The van der Waals surface area contributed by atoms with Gasteiger partial charge in [-0.2, -0.15) is 0 Å². The second-order valence-corrected chi connectivity index (χ2v) is 5.56. The second kappa shape index (κ2) is 6.62. The number of benzene rings is 2. The molecule has 0 atom stereocenters. The normalized spacial score (nSPS) is 10.4. The van der Waals surface area contributed by atoms with E-state index in [1.807, 2.05) is 12.1 Å². The summed E-state index contributed by atoms with van der Waals surface area (Å²) in [4.78, 5) is 2.38. The molecule has 0 aliphatic carbocycles. The molecule has 0 spiro atoms. The van der Waals surface area contributed by atoms with Crippen molar-refractivity contribution in [2.75, 3.05) is 17.2 Å². The fourth-order valence-electron chi connectivity index (χ4n) is 2.06. The van der Waals surface area contributed by atoms with Crippen LogP contribution < -0.4 is 10.6 Å². The summed E-state index contributed by atoms with van der Waals surface area (Å²) in [6.45, 7) is 4.16. The molecule has 2 aromatic rings. The molecule has 0 aliphatic rings. The van der Waals surface area contributed by atoms with Gasteiger partial charge in [0.25, 0.3) is 0 Å². The molecule has 0 aliphatic heterocycles. The number of hydrogen-bond donors (Lipinski definition) is 1. The maximum Gasteiger partial charge on any atom is 0.0429 e. The van der Waals surface area contributed by atoms with Gasteiger partial charge >= 0.3 is 0 Å². The van der Waals surface area contributed by atoms with E-state index in [0.717, 1.165) is 29.7 Å². The highest BCUT2D eigenvalue weighted by Crippen LogP contribution is 2.20. The SMILES string of the molecule is CCCN(Cc1ccc(Br)cc1)c1ccc(N)cc1. The van der Waals surface area contributed by atoms with Crippen LogP contribution in [0.1, 0.15) is 18.9 Å². The Kier molecular flexibility index (Phi) is 4.86. The van der Waals surface area contributed by atoms with Crippen LogP contribution in [0, 0.1) is 0 Å². The van der Waals surface area contributed by atoms with E-state index < -0.39 is 0 Å². The molecule has 0 aromatic heterocycles. The van der Waals surface area contributed by atoms with Crippen molar-refractivity contribution in [2.45, 2.75) is 19.9 Å². The van der Waals surface area contributed by atoms with E-state index >= 15 is 0 Å². The zero-order valence-electron chi connectivity index (χ0n) is 11.1. The maximum absolute atomic E-state index is 5.75. The monoisotopic (exact) mass is 318 g/mol. The summed E-state index contributed by atoms with van der Waals surface area (Å²) >= 11 is 3.47. The third-order valence-corrected chi connectivity index (χ3v) is 3.57. The highest BCUT2D eigenvalue weighted by molar-refractivity contribution is 9.10. The lowest BCUT2D eigenvalue weighted by Gasteiger charge is -2.24. The van der Waals surface area contributed by atoms with Crippen molar-refractivity contribution in [3.8, 4) is 0 Å². The Hall–Kier alpha value is -1.48. The molecule has 2 N–H and O–H groups in total. The number of nitrogens with two attached hydrogens (primary N) is 1. The van der Waals surface area contributed by atoms with Crippen molar-refractivity contribution in [1.29, 1.82) is 0 Å². The molecule has 0 heterocycles. The third kappa shape index (κ3) is 4.00. The number of anilines is 2. The first kappa shape index (κ1) is 13.9. The Balaban J connectivity index is 2.15. The van der Waals surface area contributed by atoms with Crippen LogP contribution in [0.4, 0.5) is 11.4 Å². The predicted molar refractivity (Wildman–Crippen MR) is 86.3 cm³/mol. The summed E-state index contributed by atoms with van der Waals surface area (Å²) in [7, 11) is 0. The fraction of sp³-hybridized carbons (Fsp3) is 0.250. The lowest BCUT2D eigenvalue weighted by Crippen LogP contribution is -2.23. The smallest absolute Gasteiger partial charge is 0.0429 e. The zero-order valence-corrected chi connectivity index (χ0v) is 12.7. The van der Waals surface area contributed by atoms with E-state index in [1.54, 1.807) is 0 Å². The first-order valence-electron chi connectivity index (χ1n) is 6.54. The summed E-state index contributed by atoms with van der Waals surface area (Å²) in [6.07, 6.45) is 1.13. The van der Waals surface area contributed by atoms with Crippen LogP contribution in [-0.4, -0.2) is 6.54 Å². The van der Waals surface area contributed by atoms with Gasteiger partial charge in [0.1, 0.15) is 0 Å². The minimum atomic E-state index is 0.809. The van der Waals surface area contributed by atoms with Crippen LogP contribution in [0.5, 0.6) is 0 Å². The van der Waals surface area contributed by atoms with Gasteiger partial charge in [0.15, 0.2) is 0 Å². The van der Waals surface area contributed by atoms with E-state index in [-0.39, 0.29) is 0 Å². The van der Waals surface area contributed by atoms with Crippen LogP contribution in [0.25, 0.3) is 0 Å². The minimum Gasteiger partial charge on any atom is -0.399 e. The molecular formula is C16H19BrN2. The standard InChI is InChI=1S/C16H19BrN2/c1-2-11-19(16-9-7-15(18)8-10-16)12-13-3-5-14(17)6-4-13/h3-10H,2,11-12,18H2,1H3. The first-order chi connectivity index (χ1) is 9.19. The van der Waals surface area contributed by atoms with Crippen molar-refractivity contribution >= 4 is 27.3 Å². The second-order valence-electron chi connectivity index (χ2n) is 4.64. The van der Waals surface area contributed by atoms with Crippen LogP contribution in [0.3, 0.4) is 0 Å². The quantitative estimate of drug-likeness (QED) is 0.825. The van der Waals surface area contributed by atoms with Gasteiger partial charge in [0.05, 0.1) is 0 Å². The van der Waals surface area contributed by atoms with Crippen molar-refractivity contribution < 1.29 is 0 Å². The van der Waals surface area contributed by atoms with E-state index in [9.17, 15) is 0 Å².